The van der Waals surface area contributed by atoms with Gasteiger partial charge in [-0.05, 0) is 97.6 Å². The van der Waals surface area contributed by atoms with Crippen molar-refractivity contribution in [2.45, 2.75) is 109 Å². The molecule has 0 radical (unpaired) electrons. The van der Waals surface area contributed by atoms with E-state index in [0.717, 1.165) is 54.4 Å². The minimum Gasteiger partial charge on any atom is -0.489 e. The van der Waals surface area contributed by atoms with Gasteiger partial charge in [0.05, 0.1) is 41.4 Å². The maximum absolute atomic E-state index is 13.4. The Bertz CT molecular complexity index is 1640. The number of pyridine rings is 1. The highest BCUT2D eigenvalue weighted by atomic mass is 16.6. The molecule has 2 N–H and O–H groups in total. The molecule has 46 heavy (non-hydrogen) atoms. The van der Waals surface area contributed by atoms with Gasteiger partial charge in [0.15, 0.2) is 0 Å². The fourth-order valence-corrected chi connectivity index (χ4v) is 6.40. The van der Waals surface area contributed by atoms with E-state index >= 15 is 0 Å². The summed E-state index contributed by atoms with van der Waals surface area (Å²) in [7, 11) is 0. The Morgan fingerprint density at radius 1 is 1.02 bits per heavy atom. The third-order valence-corrected chi connectivity index (χ3v) is 8.55. The second kappa shape index (κ2) is 11.6. The monoisotopic (exact) mass is 637 g/mol. The lowest BCUT2D eigenvalue weighted by molar-refractivity contribution is -0.0860. The molecule has 3 aliphatic carbocycles. The average Bonchev–Trinajstić information content (AvgIpc) is 3.51. The number of nitrogens with zero attached hydrogens (tertiary/aromatic N) is 4. The average molecular weight is 638 g/mol. The normalized spacial score (nSPS) is 22.6. The highest BCUT2D eigenvalue weighted by molar-refractivity contribution is 6.01. The van der Waals surface area contributed by atoms with Crippen LogP contribution in [-0.2, 0) is 9.47 Å². The predicted molar refractivity (Wildman–Crippen MR) is 165 cm³/mol. The second-order valence-corrected chi connectivity index (χ2v) is 14.5. The first-order valence-corrected chi connectivity index (χ1v) is 16.0. The summed E-state index contributed by atoms with van der Waals surface area (Å²) >= 11 is 0. The van der Waals surface area contributed by atoms with E-state index in [2.05, 4.69) is 15.5 Å². The molecule has 13 nitrogen and oxygen atoms in total. The fraction of sp³-hybridized carbons (Fsp3) is 0.606. The van der Waals surface area contributed by atoms with Crippen molar-refractivity contribution in [1.29, 1.82) is 0 Å². The molecule has 0 bridgehead atoms. The van der Waals surface area contributed by atoms with Crippen molar-refractivity contribution in [3.8, 4) is 11.6 Å². The summed E-state index contributed by atoms with van der Waals surface area (Å²) in [6, 6.07) is 3.72. The molecule has 0 saturated heterocycles. The molecule has 0 aromatic carbocycles. The lowest BCUT2D eigenvalue weighted by Crippen LogP contribution is -2.58. The molecule has 0 atom stereocenters. The number of hydrogen-bond donors (Lipinski definition) is 2. The van der Waals surface area contributed by atoms with Crippen LogP contribution in [0.1, 0.15) is 112 Å². The van der Waals surface area contributed by atoms with Gasteiger partial charge in [-0.25, -0.2) is 14.1 Å². The lowest BCUT2D eigenvalue weighted by Gasteiger charge is -2.57. The van der Waals surface area contributed by atoms with E-state index in [1.165, 1.54) is 6.20 Å². The minimum atomic E-state index is -0.966. The summed E-state index contributed by atoms with van der Waals surface area (Å²) in [4.78, 5) is 38.7. The number of fused-ring (bicyclic) bond motifs is 1. The van der Waals surface area contributed by atoms with Crippen LogP contribution >= 0.6 is 0 Å². The number of nitrogens with one attached hydrogen (secondary N) is 1. The Hall–Kier alpha value is -4.13. The lowest BCUT2D eigenvalue weighted by atomic mass is 9.53. The zero-order chi connectivity index (χ0) is 33.0. The summed E-state index contributed by atoms with van der Waals surface area (Å²) in [6.07, 6.45) is 7.00. The maximum Gasteiger partial charge on any atom is 0.438 e. The van der Waals surface area contributed by atoms with Gasteiger partial charge in [0.25, 0.3) is 5.91 Å². The van der Waals surface area contributed by atoms with Gasteiger partial charge < -0.3 is 29.4 Å². The van der Waals surface area contributed by atoms with Crippen LogP contribution in [-0.4, -0.2) is 79.0 Å². The number of hydrogen-bond acceptors (Lipinski definition) is 10. The highest BCUT2D eigenvalue weighted by Gasteiger charge is 2.55. The molecular formula is C33H43N5O8. The molecule has 1 spiro atoms. The van der Waals surface area contributed by atoms with E-state index in [1.807, 2.05) is 12.1 Å². The van der Waals surface area contributed by atoms with Crippen molar-refractivity contribution in [1.82, 2.24) is 24.7 Å². The molecule has 3 aromatic rings. The smallest absolute Gasteiger partial charge is 0.438 e. The van der Waals surface area contributed by atoms with E-state index in [9.17, 15) is 19.5 Å². The molecule has 3 aromatic heterocycles. The van der Waals surface area contributed by atoms with Crippen molar-refractivity contribution in [3.63, 3.8) is 0 Å². The predicted octanol–water partition coefficient (Wildman–Crippen LogP) is 4.64. The van der Waals surface area contributed by atoms with Crippen molar-refractivity contribution < 1.29 is 38.4 Å². The van der Waals surface area contributed by atoms with Crippen LogP contribution in [0, 0.1) is 5.41 Å². The van der Waals surface area contributed by atoms with Crippen LogP contribution in [0.3, 0.4) is 0 Å². The third kappa shape index (κ3) is 6.55. The van der Waals surface area contributed by atoms with Gasteiger partial charge in [-0.1, -0.05) is 0 Å². The zero-order valence-electron chi connectivity index (χ0n) is 27.3. The molecule has 3 heterocycles. The summed E-state index contributed by atoms with van der Waals surface area (Å²) in [5, 5.41) is 21.9. The van der Waals surface area contributed by atoms with Crippen LogP contribution in [0.15, 0.2) is 24.5 Å². The molecule has 248 valence electrons. The summed E-state index contributed by atoms with van der Waals surface area (Å²) < 4.78 is 25.5. The summed E-state index contributed by atoms with van der Waals surface area (Å²) in [5.41, 5.74) is 0.537. The zero-order valence-corrected chi connectivity index (χ0v) is 27.3. The number of ether oxygens (including phenoxy) is 4. The van der Waals surface area contributed by atoms with Crippen LogP contribution in [0.4, 0.5) is 4.79 Å². The summed E-state index contributed by atoms with van der Waals surface area (Å²) in [5.74, 6) is 0.215. The van der Waals surface area contributed by atoms with Gasteiger partial charge in [0.2, 0.25) is 5.88 Å². The van der Waals surface area contributed by atoms with E-state index in [4.69, 9.17) is 18.9 Å². The van der Waals surface area contributed by atoms with E-state index in [0.29, 0.717) is 17.2 Å². The number of amides is 1. The van der Waals surface area contributed by atoms with Gasteiger partial charge in [-0.3, -0.25) is 4.79 Å². The first-order chi connectivity index (χ1) is 21.7. The van der Waals surface area contributed by atoms with Crippen LogP contribution in [0.2, 0.25) is 0 Å². The SMILES string of the molecule is CCOC(=O)c1cnn(C(=O)OC(C)(C)C)c1O[C@H]1CC2(C[C@H](NC(=O)c3cnn4c(C5CC5)c(OCC(C)(C)O)ccc34)C2)C1. The molecule has 3 saturated carbocycles. The van der Waals surface area contributed by atoms with E-state index in [-0.39, 0.29) is 48.1 Å². The number of aliphatic hydroxyl groups is 1. The fourth-order valence-electron chi connectivity index (χ4n) is 6.40. The summed E-state index contributed by atoms with van der Waals surface area (Å²) in [6.45, 7) is 10.7. The molecule has 1 amide bonds. The first kappa shape index (κ1) is 31.8. The van der Waals surface area contributed by atoms with Gasteiger partial charge in [-0.2, -0.15) is 10.2 Å². The molecule has 3 fully saturated rings. The Morgan fingerprint density at radius 3 is 2.35 bits per heavy atom. The van der Waals surface area contributed by atoms with E-state index in [1.54, 1.807) is 52.3 Å². The van der Waals surface area contributed by atoms with Crippen molar-refractivity contribution in [3.05, 3.63) is 41.3 Å². The topological polar surface area (TPSA) is 156 Å². The standard InChI is InChI=1S/C33H43N5O8/c1-7-43-29(40)23-17-35-38(30(41)46-31(2,3)4)28(23)45-21-14-33(15-21)12-20(13-33)36-27(39)22-16-34-37-24(22)10-11-25(26(37)19-8-9-19)44-18-32(5,6)42/h10-11,16-17,19-21,42H,7-9,12-15,18H2,1-6H3,(H,36,39)/t20-,21-,33?. The number of carbonyl (C=O) groups is 3. The molecule has 13 heteroatoms. The minimum absolute atomic E-state index is 0.0167. The molecule has 6 rings (SSSR count). The molecule has 0 aliphatic heterocycles. The van der Waals surface area contributed by atoms with Gasteiger partial charge in [0.1, 0.15) is 29.6 Å². The Morgan fingerprint density at radius 2 is 1.72 bits per heavy atom. The largest absolute Gasteiger partial charge is 0.489 e. The van der Waals surface area contributed by atoms with Crippen LogP contribution in [0.5, 0.6) is 11.6 Å². The highest BCUT2D eigenvalue weighted by Crippen LogP contribution is 2.57. The molecule has 3 aliphatic rings. The Kier molecular flexibility index (Phi) is 8.02. The number of carbonyl (C=O) groups excluding carboxylic acids is 3. The van der Waals surface area contributed by atoms with E-state index < -0.39 is 23.3 Å². The van der Waals surface area contributed by atoms with Gasteiger partial charge in [0, 0.05) is 12.0 Å². The van der Waals surface area contributed by atoms with Crippen LogP contribution in [0.25, 0.3) is 5.52 Å². The Labute approximate surface area is 267 Å². The first-order valence-electron chi connectivity index (χ1n) is 16.0. The molecular weight excluding hydrogens is 594 g/mol. The second-order valence-electron chi connectivity index (χ2n) is 14.5. The van der Waals surface area contributed by atoms with Crippen LogP contribution < -0.4 is 14.8 Å². The van der Waals surface area contributed by atoms with Gasteiger partial charge in [-0.15, -0.1) is 4.68 Å². The van der Waals surface area contributed by atoms with Gasteiger partial charge >= 0.3 is 12.1 Å². The Balaban J connectivity index is 1.07. The van der Waals surface area contributed by atoms with Crippen molar-refractivity contribution in [2.24, 2.45) is 5.41 Å². The number of aromatic nitrogens is 4. The number of esters is 1. The number of rotatable bonds is 10. The maximum atomic E-state index is 13.4. The molecule has 0 unspecified atom stereocenters. The van der Waals surface area contributed by atoms with Crippen molar-refractivity contribution >= 4 is 23.5 Å². The third-order valence-electron chi connectivity index (χ3n) is 8.55. The quantitative estimate of drug-likeness (QED) is 0.301. The van der Waals surface area contributed by atoms with Crippen molar-refractivity contribution in [2.75, 3.05) is 13.2 Å².